The maximum Gasteiger partial charge on any atom is 0.305 e. The van der Waals surface area contributed by atoms with Gasteiger partial charge in [-0.25, -0.2) is 0 Å². The van der Waals surface area contributed by atoms with Crippen LogP contribution in [0.5, 0.6) is 0 Å². The molecule has 15 heavy (non-hydrogen) atoms. The first-order chi connectivity index (χ1) is 7.10. The molecule has 0 fully saturated rings. The van der Waals surface area contributed by atoms with Crippen LogP contribution in [0.25, 0.3) is 0 Å². The predicted molar refractivity (Wildman–Crippen MR) is 51.3 cm³/mol. The van der Waals surface area contributed by atoms with Crippen LogP contribution >= 0.6 is 0 Å². The van der Waals surface area contributed by atoms with Gasteiger partial charge in [-0.2, -0.15) is 0 Å². The molecule has 0 bridgehead atoms. The average Bonchev–Trinajstić information content (AvgIpc) is 2.21. The highest BCUT2D eigenvalue weighted by atomic mass is 16.6. The molecule has 0 radical (unpaired) electrons. The highest BCUT2D eigenvalue weighted by Crippen LogP contribution is 1.94. The molecule has 0 saturated heterocycles. The van der Waals surface area contributed by atoms with Gasteiger partial charge >= 0.3 is 5.97 Å². The van der Waals surface area contributed by atoms with Crippen LogP contribution in [0.1, 0.15) is 12.8 Å². The number of ether oxygens (including phenoxy) is 2. The zero-order valence-corrected chi connectivity index (χ0v) is 8.69. The highest BCUT2D eigenvalue weighted by molar-refractivity contribution is 5.69. The Morgan fingerprint density at radius 1 is 1.47 bits per heavy atom. The second-order valence-electron chi connectivity index (χ2n) is 2.59. The van der Waals surface area contributed by atoms with Gasteiger partial charge in [0.2, 0.25) is 0 Å². The molecule has 7 heteroatoms. The number of hydrogen-bond donors (Lipinski definition) is 1. The first kappa shape index (κ1) is 13.2. The van der Waals surface area contributed by atoms with Gasteiger partial charge in [-0.1, -0.05) is 0 Å². The summed E-state index contributed by atoms with van der Waals surface area (Å²) in [6.45, 7) is 0.405. The van der Waals surface area contributed by atoms with Crippen molar-refractivity contribution < 1.29 is 19.2 Å². The molecule has 0 amide bonds. The van der Waals surface area contributed by atoms with Crippen molar-refractivity contribution in [3.63, 3.8) is 0 Å². The number of carbonyl (C=O) groups is 1. The molecule has 0 spiro atoms. The Labute approximate surface area is 87.2 Å². The predicted octanol–water partition coefficient (Wildman–Crippen LogP) is 0.251. The first-order valence-corrected chi connectivity index (χ1v) is 4.30. The lowest BCUT2D eigenvalue weighted by Crippen LogP contribution is -2.18. The molecule has 86 valence electrons. The number of nitro groups is 1. The van der Waals surface area contributed by atoms with E-state index < -0.39 is 4.92 Å². The molecule has 0 aliphatic heterocycles. The number of nitrogens with one attached hydrogen (secondary N) is 1. The second kappa shape index (κ2) is 7.60. The Balaban J connectivity index is 3.73. The Bertz CT molecular complexity index is 251. The van der Waals surface area contributed by atoms with Crippen LogP contribution in [0.15, 0.2) is 12.1 Å². The van der Waals surface area contributed by atoms with Crippen molar-refractivity contribution in [2.75, 3.05) is 20.8 Å². The topological polar surface area (TPSA) is 90.7 Å². The maximum absolute atomic E-state index is 10.7. The van der Waals surface area contributed by atoms with Gasteiger partial charge in [0.25, 0.3) is 12.1 Å². The number of carbonyl (C=O) groups excluding carboxylic acids is 1. The molecule has 0 heterocycles. The Morgan fingerprint density at radius 2 is 2.13 bits per heavy atom. The van der Waals surface area contributed by atoms with E-state index in [4.69, 9.17) is 0 Å². The van der Waals surface area contributed by atoms with E-state index in [2.05, 4.69) is 14.8 Å². The summed E-state index contributed by atoms with van der Waals surface area (Å²) in [5, 5.41) is 12.8. The van der Waals surface area contributed by atoms with Gasteiger partial charge in [0.1, 0.15) is 0 Å². The number of rotatable bonds is 7. The van der Waals surface area contributed by atoms with Crippen LogP contribution < -0.4 is 5.32 Å². The fraction of sp³-hybridized carbons (Fsp3) is 0.625. The lowest BCUT2D eigenvalue weighted by Gasteiger charge is -2.05. The molecule has 0 aromatic heterocycles. The van der Waals surface area contributed by atoms with Crippen LogP contribution in [-0.4, -0.2) is 31.7 Å². The molecular formula is C8H14N2O5. The summed E-state index contributed by atoms with van der Waals surface area (Å²) in [5.74, 6) is -0.251. The highest BCUT2D eigenvalue weighted by Gasteiger charge is 2.03. The fourth-order valence-electron chi connectivity index (χ4n) is 0.813. The van der Waals surface area contributed by atoms with E-state index >= 15 is 0 Å². The van der Waals surface area contributed by atoms with Crippen LogP contribution in [0.2, 0.25) is 0 Å². The van der Waals surface area contributed by atoms with Crippen molar-refractivity contribution in [1.29, 1.82) is 0 Å². The largest absolute Gasteiger partial charge is 0.478 e. The van der Waals surface area contributed by atoms with Crippen LogP contribution in [0.3, 0.4) is 0 Å². The van der Waals surface area contributed by atoms with Gasteiger partial charge in [0.05, 0.1) is 19.1 Å². The van der Waals surface area contributed by atoms with E-state index in [9.17, 15) is 14.9 Å². The third-order valence-corrected chi connectivity index (χ3v) is 1.53. The first-order valence-electron chi connectivity index (χ1n) is 4.30. The summed E-state index contributed by atoms with van der Waals surface area (Å²) in [7, 11) is 2.63. The van der Waals surface area contributed by atoms with Gasteiger partial charge in [0, 0.05) is 13.0 Å². The number of nitrogens with zero attached hydrogens (tertiary/aromatic N) is 1. The zero-order valence-electron chi connectivity index (χ0n) is 8.69. The molecule has 0 aliphatic carbocycles. The molecule has 1 N–H and O–H groups in total. The quantitative estimate of drug-likeness (QED) is 0.216. The molecule has 0 saturated carbocycles. The van der Waals surface area contributed by atoms with Gasteiger partial charge in [-0.3, -0.25) is 14.9 Å². The van der Waals surface area contributed by atoms with Gasteiger partial charge in [-0.15, -0.1) is 0 Å². The Morgan fingerprint density at radius 3 is 2.60 bits per heavy atom. The van der Waals surface area contributed by atoms with Crippen molar-refractivity contribution in [3.8, 4) is 0 Å². The van der Waals surface area contributed by atoms with E-state index in [0.717, 1.165) is 6.20 Å². The van der Waals surface area contributed by atoms with Crippen molar-refractivity contribution in [3.05, 3.63) is 22.2 Å². The van der Waals surface area contributed by atoms with Crippen molar-refractivity contribution >= 4 is 5.97 Å². The summed E-state index contributed by atoms with van der Waals surface area (Å²) in [4.78, 5) is 20.2. The minimum atomic E-state index is -0.619. The number of hydrogen-bond acceptors (Lipinski definition) is 6. The Hall–Kier alpha value is -1.79. The fourth-order valence-corrected chi connectivity index (χ4v) is 0.813. The molecule has 0 aliphatic rings. The minimum absolute atomic E-state index is 0.0601. The molecule has 0 aromatic carbocycles. The summed E-state index contributed by atoms with van der Waals surface area (Å²) < 4.78 is 9.11. The third kappa shape index (κ3) is 7.29. The smallest absolute Gasteiger partial charge is 0.305 e. The summed E-state index contributed by atoms with van der Waals surface area (Å²) in [6.07, 6.45) is 1.50. The van der Waals surface area contributed by atoms with Crippen LogP contribution in [-0.2, 0) is 14.3 Å². The van der Waals surface area contributed by atoms with Crippen LogP contribution in [0.4, 0.5) is 0 Å². The molecule has 0 rings (SSSR count). The van der Waals surface area contributed by atoms with Gasteiger partial charge in [-0.05, 0) is 6.42 Å². The number of methoxy groups -OCH3 is 2. The zero-order chi connectivity index (χ0) is 11.7. The monoisotopic (exact) mass is 218 g/mol. The maximum atomic E-state index is 10.7. The average molecular weight is 218 g/mol. The Kier molecular flexibility index (Phi) is 6.69. The summed E-state index contributed by atoms with van der Waals surface area (Å²) >= 11 is 0. The standard InChI is InChI=1S/C8H14N2O5/c1-14-7(6-10(12)13)9-5-3-4-8(11)15-2/h6,9H,3-5H2,1-2H3/b7-6-. The summed E-state index contributed by atoms with van der Waals surface area (Å²) in [5.41, 5.74) is 0. The minimum Gasteiger partial charge on any atom is -0.478 e. The lowest BCUT2D eigenvalue weighted by atomic mass is 10.3. The van der Waals surface area contributed by atoms with E-state index in [1.807, 2.05) is 0 Å². The van der Waals surface area contributed by atoms with E-state index in [0.29, 0.717) is 13.0 Å². The SMILES string of the molecule is COC(=O)CCCN/C(=C/[N+](=O)[O-])OC. The van der Waals surface area contributed by atoms with Gasteiger partial charge < -0.3 is 14.8 Å². The van der Waals surface area contributed by atoms with E-state index in [-0.39, 0.29) is 18.3 Å². The van der Waals surface area contributed by atoms with Crippen molar-refractivity contribution in [2.45, 2.75) is 12.8 Å². The molecule has 0 unspecified atom stereocenters. The van der Waals surface area contributed by atoms with Crippen molar-refractivity contribution in [2.24, 2.45) is 0 Å². The van der Waals surface area contributed by atoms with Crippen LogP contribution in [0, 0.1) is 10.1 Å². The van der Waals surface area contributed by atoms with Gasteiger partial charge in [0.15, 0.2) is 0 Å². The second-order valence-corrected chi connectivity index (χ2v) is 2.59. The third-order valence-electron chi connectivity index (χ3n) is 1.53. The molecule has 7 nitrogen and oxygen atoms in total. The lowest BCUT2D eigenvalue weighted by molar-refractivity contribution is -0.405. The summed E-state index contributed by atoms with van der Waals surface area (Å²) in [6, 6.07) is 0. The van der Waals surface area contributed by atoms with E-state index in [1.54, 1.807) is 0 Å². The molecule has 0 atom stereocenters. The van der Waals surface area contributed by atoms with E-state index in [1.165, 1.54) is 14.2 Å². The normalized spacial score (nSPS) is 10.7. The van der Waals surface area contributed by atoms with Crippen molar-refractivity contribution in [1.82, 2.24) is 5.32 Å². The number of esters is 1. The molecule has 0 aromatic rings. The molecular weight excluding hydrogens is 204 g/mol.